The number of benzene rings is 1. The highest BCUT2D eigenvalue weighted by atomic mass is 16.5. The number of carbonyl (C=O) groups is 2. The van der Waals surface area contributed by atoms with E-state index in [0.717, 1.165) is 0 Å². The zero-order chi connectivity index (χ0) is 11.7. The molecule has 82 valence electrons. The molecule has 0 aliphatic heterocycles. The van der Waals surface area contributed by atoms with Crippen LogP contribution in [-0.2, 0) is 9.59 Å². The summed E-state index contributed by atoms with van der Waals surface area (Å²) in [7, 11) is 0. The van der Waals surface area contributed by atoms with Gasteiger partial charge in [0.15, 0.2) is 0 Å². The highest BCUT2D eigenvalue weighted by Crippen LogP contribution is 2.08. The van der Waals surface area contributed by atoms with Gasteiger partial charge in [0.25, 0.3) is 0 Å². The Balaban J connectivity index is 0.000000423. The fourth-order valence-corrected chi connectivity index (χ4v) is 0.692. The number of ether oxygens (including phenoxy) is 1. The maximum absolute atomic E-state index is 10.8. The molecule has 0 radical (unpaired) electrons. The summed E-state index contributed by atoms with van der Waals surface area (Å²) in [5.74, 6) is 0.579. The van der Waals surface area contributed by atoms with Crippen molar-refractivity contribution in [1.29, 1.82) is 0 Å². The van der Waals surface area contributed by atoms with Gasteiger partial charge in [0, 0.05) is 6.42 Å². The van der Waals surface area contributed by atoms with E-state index in [1.54, 1.807) is 19.1 Å². The molecule has 0 spiro atoms. The van der Waals surface area contributed by atoms with Crippen molar-refractivity contribution in [3.05, 3.63) is 30.3 Å². The normalized spacial score (nSPS) is 8.47. The second-order valence-electron chi connectivity index (χ2n) is 3.05. The molecule has 0 heterocycles. The van der Waals surface area contributed by atoms with Crippen molar-refractivity contribution in [1.82, 2.24) is 0 Å². The maximum Gasteiger partial charge on any atom is 0.310 e. The molecular weight excluding hydrogens is 192 g/mol. The molecule has 3 heteroatoms. The number of hydrogen-bond acceptors (Lipinski definition) is 3. The summed E-state index contributed by atoms with van der Waals surface area (Å²) in [5.41, 5.74) is 0. The molecule has 0 amide bonds. The molecule has 1 aromatic carbocycles. The minimum absolute atomic E-state index is 0.167. The van der Waals surface area contributed by atoms with Crippen molar-refractivity contribution in [2.45, 2.75) is 27.2 Å². The van der Waals surface area contributed by atoms with Gasteiger partial charge in [-0.25, -0.2) is 0 Å². The first-order chi connectivity index (χ1) is 7.06. The van der Waals surface area contributed by atoms with E-state index in [2.05, 4.69) is 0 Å². The molecule has 0 fully saturated rings. The lowest BCUT2D eigenvalue weighted by Gasteiger charge is -1.99. The van der Waals surface area contributed by atoms with E-state index in [1.807, 2.05) is 18.2 Å². The highest BCUT2D eigenvalue weighted by Gasteiger charge is 1.98. The van der Waals surface area contributed by atoms with E-state index in [9.17, 15) is 9.59 Å². The summed E-state index contributed by atoms with van der Waals surface area (Å²) in [6.45, 7) is 4.82. The minimum atomic E-state index is -0.198. The van der Waals surface area contributed by atoms with Crippen LogP contribution in [0.15, 0.2) is 30.3 Å². The monoisotopic (exact) mass is 208 g/mol. The third-order valence-electron chi connectivity index (χ3n) is 1.26. The van der Waals surface area contributed by atoms with Crippen LogP contribution in [0.4, 0.5) is 0 Å². The van der Waals surface area contributed by atoms with E-state index in [-0.39, 0.29) is 11.8 Å². The van der Waals surface area contributed by atoms with Crippen LogP contribution in [0.2, 0.25) is 0 Å². The number of esters is 1. The van der Waals surface area contributed by atoms with Crippen LogP contribution in [0, 0.1) is 0 Å². The van der Waals surface area contributed by atoms with Gasteiger partial charge in [-0.1, -0.05) is 25.1 Å². The average molecular weight is 208 g/mol. The van der Waals surface area contributed by atoms with Gasteiger partial charge >= 0.3 is 5.97 Å². The van der Waals surface area contributed by atoms with Gasteiger partial charge in [-0.05, 0) is 26.0 Å². The minimum Gasteiger partial charge on any atom is -0.427 e. The predicted octanol–water partition coefficient (Wildman–Crippen LogP) is 2.60. The summed E-state index contributed by atoms with van der Waals surface area (Å²) >= 11 is 0. The molecule has 0 unspecified atom stereocenters. The number of carbonyl (C=O) groups excluding carboxylic acids is 2. The Morgan fingerprint density at radius 3 is 2.00 bits per heavy atom. The molecule has 0 saturated heterocycles. The van der Waals surface area contributed by atoms with Gasteiger partial charge in [-0.15, -0.1) is 0 Å². The van der Waals surface area contributed by atoms with Crippen LogP contribution in [0.1, 0.15) is 27.2 Å². The van der Waals surface area contributed by atoms with Crippen LogP contribution >= 0.6 is 0 Å². The van der Waals surface area contributed by atoms with Gasteiger partial charge in [-0.3, -0.25) is 4.79 Å². The second kappa shape index (κ2) is 7.74. The molecule has 15 heavy (non-hydrogen) atoms. The van der Waals surface area contributed by atoms with Crippen molar-refractivity contribution < 1.29 is 14.3 Å². The summed E-state index contributed by atoms with van der Waals surface area (Å²) in [5, 5.41) is 0. The summed E-state index contributed by atoms with van der Waals surface area (Å²) < 4.78 is 4.92. The number of rotatable bonds is 2. The van der Waals surface area contributed by atoms with Gasteiger partial charge < -0.3 is 9.53 Å². The largest absolute Gasteiger partial charge is 0.427 e. The van der Waals surface area contributed by atoms with Crippen molar-refractivity contribution in [3.8, 4) is 5.75 Å². The first kappa shape index (κ1) is 13.4. The van der Waals surface area contributed by atoms with E-state index < -0.39 is 0 Å². The van der Waals surface area contributed by atoms with Crippen LogP contribution < -0.4 is 4.74 Å². The van der Waals surface area contributed by atoms with Gasteiger partial charge in [-0.2, -0.15) is 0 Å². The quantitative estimate of drug-likeness (QED) is 0.554. The molecule has 0 bridgehead atoms. The van der Waals surface area contributed by atoms with Crippen LogP contribution in [0.3, 0.4) is 0 Å². The van der Waals surface area contributed by atoms with Crippen LogP contribution in [0.25, 0.3) is 0 Å². The Morgan fingerprint density at radius 1 is 1.13 bits per heavy atom. The molecule has 0 aromatic heterocycles. The molecule has 3 nitrogen and oxygen atoms in total. The fourth-order valence-electron chi connectivity index (χ4n) is 0.692. The van der Waals surface area contributed by atoms with Crippen molar-refractivity contribution in [2.24, 2.45) is 0 Å². The zero-order valence-electron chi connectivity index (χ0n) is 9.32. The lowest BCUT2D eigenvalue weighted by atomic mass is 10.3. The van der Waals surface area contributed by atoms with E-state index in [1.165, 1.54) is 13.8 Å². The van der Waals surface area contributed by atoms with Crippen LogP contribution in [0.5, 0.6) is 5.75 Å². The molecule has 0 atom stereocenters. The maximum atomic E-state index is 10.8. The Morgan fingerprint density at radius 2 is 1.60 bits per heavy atom. The topological polar surface area (TPSA) is 43.4 Å². The average Bonchev–Trinajstić information content (AvgIpc) is 2.18. The highest BCUT2D eigenvalue weighted by molar-refractivity contribution is 5.72. The molecule has 0 aliphatic rings. The first-order valence-electron chi connectivity index (χ1n) is 4.79. The van der Waals surface area contributed by atoms with E-state index in [0.29, 0.717) is 12.2 Å². The number of ketones is 1. The van der Waals surface area contributed by atoms with Gasteiger partial charge in [0.05, 0.1) is 0 Å². The van der Waals surface area contributed by atoms with Crippen molar-refractivity contribution in [2.75, 3.05) is 0 Å². The second-order valence-corrected chi connectivity index (χ2v) is 3.05. The Bertz CT molecular complexity index is 300. The van der Waals surface area contributed by atoms with Gasteiger partial charge in [0.2, 0.25) is 0 Å². The summed E-state index contributed by atoms with van der Waals surface area (Å²) in [6.07, 6.45) is 0.412. The third kappa shape index (κ3) is 8.68. The predicted molar refractivity (Wildman–Crippen MR) is 58.7 cm³/mol. The zero-order valence-corrected chi connectivity index (χ0v) is 9.32. The van der Waals surface area contributed by atoms with E-state index in [4.69, 9.17) is 4.74 Å². The summed E-state index contributed by atoms with van der Waals surface area (Å²) in [4.78, 5) is 20.2. The molecule has 0 aliphatic carbocycles. The lowest BCUT2D eigenvalue weighted by Crippen LogP contribution is -2.04. The third-order valence-corrected chi connectivity index (χ3v) is 1.26. The van der Waals surface area contributed by atoms with Gasteiger partial charge in [0.1, 0.15) is 11.5 Å². The standard InChI is InChI=1S/C9H10O2.C3H6O/c1-2-9(10)11-8-6-4-3-5-7-8;1-3(2)4/h3-7H,2H2,1H3;1-2H3. The Labute approximate surface area is 90.1 Å². The molecule has 1 rings (SSSR count). The SMILES string of the molecule is CC(C)=O.CCC(=O)Oc1ccccc1. The van der Waals surface area contributed by atoms with Crippen LogP contribution in [-0.4, -0.2) is 11.8 Å². The molecule has 0 saturated carbocycles. The Kier molecular flexibility index (Phi) is 6.89. The first-order valence-corrected chi connectivity index (χ1v) is 4.79. The molecular formula is C12H16O3. The number of hydrogen-bond donors (Lipinski definition) is 0. The smallest absolute Gasteiger partial charge is 0.310 e. The number of Topliss-reactive ketones (excluding diaryl/α,β-unsaturated/α-hetero) is 1. The van der Waals surface area contributed by atoms with Crippen molar-refractivity contribution in [3.63, 3.8) is 0 Å². The Hall–Kier alpha value is -1.64. The lowest BCUT2D eigenvalue weighted by molar-refractivity contribution is -0.134. The van der Waals surface area contributed by atoms with Crippen molar-refractivity contribution >= 4 is 11.8 Å². The van der Waals surface area contributed by atoms with E-state index >= 15 is 0 Å². The number of para-hydroxylation sites is 1. The fraction of sp³-hybridized carbons (Fsp3) is 0.333. The summed E-state index contributed by atoms with van der Waals surface area (Å²) in [6, 6.07) is 9.06. The molecule has 0 N–H and O–H groups in total. The molecule has 1 aromatic rings.